The quantitative estimate of drug-likeness (QED) is 0.744. The van der Waals surface area contributed by atoms with E-state index in [9.17, 15) is 13.2 Å². The van der Waals surface area contributed by atoms with Crippen LogP contribution in [0.25, 0.3) is 0 Å². The second kappa shape index (κ2) is 6.58. The first-order valence-electron chi connectivity index (χ1n) is 5.87. The van der Waals surface area contributed by atoms with Gasteiger partial charge in [0.2, 0.25) is 0 Å². The van der Waals surface area contributed by atoms with Gasteiger partial charge >= 0.3 is 6.36 Å². The van der Waals surface area contributed by atoms with Crippen molar-refractivity contribution >= 4 is 33.2 Å². The molecule has 0 aliphatic heterocycles. The molecule has 0 fully saturated rings. The predicted octanol–water partition coefficient (Wildman–Crippen LogP) is 5.61. The van der Waals surface area contributed by atoms with E-state index in [-0.39, 0.29) is 5.75 Å². The molecular weight excluding hydrogens is 371 g/mol. The summed E-state index contributed by atoms with van der Waals surface area (Å²) in [4.78, 5) is 0. The van der Waals surface area contributed by atoms with Crippen LogP contribution < -0.4 is 10.1 Å². The van der Waals surface area contributed by atoms with E-state index in [1.54, 1.807) is 18.2 Å². The molecule has 7 heteroatoms. The lowest BCUT2D eigenvalue weighted by molar-refractivity contribution is -0.274. The molecule has 0 heterocycles. The van der Waals surface area contributed by atoms with Crippen molar-refractivity contribution in [1.29, 1.82) is 0 Å². The van der Waals surface area contributed by atoms with Gasteiger partial charge in [-0.1, -0.05) is 39.7 Å². The van der Waals surface area contributed by atoms with Gasteiger partial charge in [-0.3, -0.25) is 0 Å². The molecule has 21 heavy (non-hydrogen) atoms. The zero-order valence-electron chi connectivity index (χ0n) is 10.5. The Kier molecular flexibility index (Phi) is 5.00. The molecule has 0 aliphatic rings. The summed E-state index contributed by atoms with van der Waals surface area (Å²) < 4.78 is 40.8. The van der Waals surface area contributed by atoms with Crippen LogP contribution in [0.3, 0.4) is 0 Å². The number of hydrogen-bond donors (Lipinski definition) is 1. The lowest BCUT2D eigenvalue weighted by Gasteiger charge is -2.11. The van der Waals surface area contributed by atoms with E-state index >= 15 is 0 Å². The van der Waals surface area contributed by atoms with Crippen molar-refractivity contribution in [3.63, 3.8) is 0 Å². The molecule has 2 rings (SSSR count). The Bertz CT molecular complexity index is 617. The van der Waals surface area contributed by atoms with Gasteiger partial charge in [-0.05, 0) is 35.9 Å². The monoisotopic (exact) mass is 379 g/mol. The first-order valence-corrected chi connectivity index (χ1v) is 7.04. The molecular formula is C14H10BrClF3NO. The highest BCUT2D eigenvalue weighted by Crippen LogP contribution is 2.27. The van der Waals surface area contributed by atoms with E-state index in [0.29, 0.717) is 11.6 Å². The average Bonchev–Trinajstić information content (AvgIpc) is 2.40. The number of benzene rings is 2. The van der Waals surface area contributed by atoms with Crippen LogP contribution >= 0.6 is 27.5 Å². The Morgan fingerprint density at radius 1 is 1.10 bits per heavy atom. The van der Waals surface area contributed by atoms with Gasteiger partial charge < -0.3 is 10.1 Å². The standard InChI is InChI=1S/C14H10BrClF3NO/c15-10-3-6-12(16)13(7-10)20-8-9-1-4-11(5-2-9)21-14(17,18)19/h1-7,20H,8H2. The lowest BCUT2D eigenvalue weighted by Crippen LogP contribution is -2.17. The summed E-state index contributed by atoms with van der Waals surface area (Å²) >= 11 is 9.37. The molecule has 0 spiro atoms. The molecule has 112 valence electrons. The van der Waals surface area contributed by atoms with Crippen molar-refractivity contribution in [2.45, 2.75) is 12.9 Å². The van der Waals surface area contributed by atoms with Gasteiger partial charge in [-0.25, -0.2) is 0 Å². The minimum absolute atomic E-state index is 0.244. The molecule has 1 N–H and O–H groups in total. The van der Waals surface area contributed by atoms with Crippen molar-refractivity contribution in [3.8, 4) is 5.75 Å². The van der Waals surface area contributed by atoms with Crippen molar-refractivity contribution < 1.29 is 17.9 Å². The van der Waals surface area contributed by atoms with Crippen LogP contribution in [0.2, 0.25) is 5.02 Å². The molecule has 2 aromatic carbocycles. The van der Waals surface area contributed by atoms with E-state index in [4.69, 9.17) is 11.6 Å². The fourth-order valence-electron chi connectivity index (χ4n) is 1.64. The maximum Gasteiger partial charge on any atom is 0.573 e. The molecule has 0 saturated heterocycles. The topological polar surface area (TPSA) is 21.3 Å². The highest BCUT2D eigenvalue weighted by molar-refractivity contribution is 9.10. The van der Waals surface area contributed by atoms with Crippen molar-refractivity contribution in [1.82, 2.24) is 0 Å². The summed E-state index contributed by atoms with van der Waals surface area (Å²) in [5.74, 6) is -0.244. The molecule has 0 atom stereocenters. The van der Waals surface area contributed by atoms with Gasteiger partial charge in [0.1, 0.15) is 5.75 Å². The summed E-state index contributed by atoms with van der Waals surface area (Å²) in [5, 5.41) is 3.68. The van der Waals surface area contributed by atoms with Gasteiger partial charge in [-0.2, -0.15) is 0 Å². The van der Waals surface area contributed by atoms with Crippen LogP contribution in [-0.2, 0) is 6.54 Å². The molecule has 0 aliphatic carbocycles. The number of hydrogen-bond acceptors (Lipinski definition) is 2. The summed E-state index contributed by atoms with van der Waals surface area (Å²) in [6.45, 7) is 0.433. The van der Waals surface area contributed by atoms with Crippen LogP contribution in [0.15, 0.2) is 46.9 Å². The maximum absolute atomic E-state index is 12.0. The molecule has 0 bridgehead atoms. The molecule has 0 amide bonds. The zero-order chi connectivity index (χ0) is 15.5. The van der Waals surface area contributed by atoms with Crippen LogP contribution in [-0.4, -0.2) is 6.36 Å². The molecule has 0 aromatic heterocycles. The number of nitrogens with one attached hydrogen (secondary N) is 1. The van der Waals surface area contributed by atoms with E-state index < -0.39 is 6.36 Å². The normalized spacial score (nSPS) is 11.3. The fraction of sp³-hybridized carbons (Fsp3) is 0.143. The average molecular weight is 381 g/mol. The van der Waals surface area contributed by atoms with Gasteiger partial charge in [-0.15, -0.1) is 13.2 Å². The number of anilines is 1. The Balaban J connectivity index is 1.99. The molecule has 0 unspecified atom stereocenters. The van der Waals surface area contributed by atoms with Gasteiger partial charge in [0.25, 0.3) is 0 Å². The third-order valence-corrected chi connectivity index (χ3v) is 3.39. The summed E-state index contributed by atoms with van der Waals surface area (Å²) in [6.07, 6.45) is -4.68. The number of rotatable bonds is 4. The van der Waals surface area contributed by atoms with Gasteiger partial charge in [0, 0.05) is 11.0 Å². The Morgan fingerprint density at radius 3 is 2.38 bits per heavy atom. The third kappa shape index (κ3) is 5.13. The minimum Gasteiger partial charge on any atom is -0.406 e. The van der Waals surface area contributed by atoms with Gasteiger partial charge in [0.05, 0.1) is 10.7 Å². The van der Waals surface area contributed by atoms with E-state index in [0.717, 1.165) is 15.7 Å². The zero-order valence-corrected chi connectivity index (χ0v) is 12.9. The van der Waals surface area contributed by atoms with Crippen molar-refractivity contribution in [2.24, 2.45) is 0 Å². The Morgan fingerprint density at radius 2 is 1.76 bits per heavy atom. The number of halogens is 5. The number of ether oxygens (including phenoxy) is 1. The highest BCUT2D eigenvalue weighted by Gasteiger charge is 2.30. The predicted molar refractivity (Wildman–Crippen MR) is 79.6 cm³/mol. The van der Waals surface area contributed by atoms with Crippen molar-refractivity contribution in [3.05, 3.63) is 57.5 Å². The van der Waals surface area contributed by atoms with Crippen LogP contribution in [0, 0.1) is 0 Å². The third-order valence-electron chi connectivity index (χ3n) is 2.57. The maximum atomic E-state index is 12.0. The van der Waals surface area contributed by atoms with Gasteiger partial charge in [0.15, 0.2) is 0 Å². The summed E-state index contributed by atoms with van der Waals surface area (Å²) in [6, 6.07) is 11.0. The van der Waals surface area contributed by atoms with E-state index in [2.05, 4.69) is 26.0 Å². The second-order valence-electron chi connectivity index (χ2n) is 4.17. The largest absolute Gasteiger partial charge is 0.573 e. The molecule has 0 saturated carbocycles. The first kappa shape index (κ1) is 16.0. The SMILES string of the molecule is FC(F)(F)Oc1ccc(CNc2cc(Br)ccc2Cl)cc1. The second-order valence-corrected chi connectivity index (χ2v) is 5.49. The molecule has 2 nitrogen and oxygen atoms in total. The van der Waals surface area contributed by atoms with Crippen LogP contribution in [0.4, 0.5) is 18.9 Å². The summed E-state index contributed by atoms with van der Waals surface area (Å²) in [7, 11) is 0. The lowest BCUT2D eigenvalue weighted by atomic mass is 10.2. The number of alkyl halides is 3. The first-order chi connectivity index (χ1) is 9.83. The van der Waals surface area contributed by atoms with Crippen molar-refractivity contribution in [2.75, 3.05) is 5.32 Å². The Labute approximate surface area is 133 Å². The molecule has 0 radical (unpaired) electrons. The fourth-order valence-corrected chi connectivity index (χ4v) is 2.18. The van der Waals surface area contributed by atoms with Crippen LogP contribution in [0.5, 0.6) is 5.75 Å². The Hall–Kier alpha value is -1.40. The highest BCUT2D eigenvalue weighted by atomic mass is 79.9. The van der Waals surface area contributed by atoms with Crippen LogP contribution in [0.1, 0.15) is 5.56 Å². The smallest absolute Gasteiger partial charge is 0.406 e. The molecule has 2 aromatic rings. The minimum atomic E-state index is -4.68. The van der Waals surface area contributed by atoms with E-state index in [1.807, 2.05) is 12.1 Å². The summed E-state index contributed by atoms with van der Waals surface area (Å²) in [5.41, 5.74) is 1.54. The van der Waals surface area contributed by atoms with E-state index in [1.165, 1.54) is 12.1 Å².